The lowest BCUT2D eigenvalue weighted by atomic mass is 10.0. The van der Waals surface area contributed by atoms with Crippen LogP contribution in [0.4, 0.5) is 0 Å². The second kappa shape index (κ2) is 5.71. The van der Waals surface area contributed by atoms with Crippen molar-refractivity contribution in [3.8, 4) is 0 Å². The van der Waals surface area contributed by atoms with Crippen molar-refractivity contribution < 1.29 is 4.79 Å². The topological polar surface area (TPSA) is 44.9 Å². The summed E-state index contributed by atoms with van der Waals surface area (Å²) in [6.45, 7) is 4.11. The molecule has 3 nitrogen and oxygen atoms in total. The molecule has 0 radical (unpaired) electrons. The lowest BCUT2D eigenvalue weighted by Gasteiger charge is -2.11. The molecule has 2 N–H and O–H groups in total. The zero-order valence-electron chi connectivity index (χ0n) is 11.0. The minimum absolute atomic E-state index is 0.136. The second-order valence-corrected chi connectivity index (χ2v) is 4.73. The average Bonchev–Trinajstić information content (AvgIpc) is 2.84. The zero-order chi connectivity index (χ0) is 13.0. The average molecular weight is 244 g/mol. The Morgan fingerprint density at radius 3 is 3.00 bits per heavy atom. The molecule has 1 amide bonds. The van der Waals surface area contributed by atoms with Crippen LogP contribution in [0.3, 0.4) is 0 Å². The van der Waals surface area contributed by atoms with Gasteiger partial charge >= 0.3 is 0 Å². The molecule has 1 unspecified atom stereocenters. The van der Waals surface area contributed by atoms with Gasteiger partial charge in [0.25, 0.3) is 0 Å². The van der Waals surface area contributed by atoms with Crippen LogP contribution < -0.4 is 5.32 Å². The van der Waals surface area contributed by atoms with E-state index in [-0.39, 0.29) is 11.9 Å². The smallest absolute Gasteiger partial charge is 0.220 e. The maximum absolute atomic E-state index is 11.7. The Balaban J connectivity index is 1.98. The van der Waals surface area contributed by atoms with Gasteiger partial charge in [0.15, 0.2) is 0 Å². The molecular weight excluding hydrogens is 224 g/mol. The molecule has 1 aromatic heterocycles. The molecule has 2 aromatic rings. The van der Waals surface area contributed by atoms with Crippen molar-refractivity contribution in [2.24, 2.45) is 0 Å². The van der Waals surface area contributed by atoms with E-state index in [1.54, 1.807) is 0 Å². The molecule has 0 saturated carbocycles. The Labute approximate surface area is 108 Å². The van der Waals surface area contributed by atoms with E-state index < -0.39 is 0 Å². The molecule has 0 bridgehead atoms. The number of hydrogen-bond donors (Lipinski definition) is 2. The van der Waals surface area contributed by atoms with E-state index in [1.807, 2.05) is 19.2 Å². The number of carbonyl (C=O) groups is 1. The predicted octanol–water partition coefficient (Wildman–Crippen LogP) is 3.02. The Hall–Kier alpha value is -1.77. The summed E-state index contributed by atoms with van der Waals surface area (Å²) < 4.78 is 0. The number of hydrogen-bond acceptors (Lipinski definition) is 1. The number of carbonyl (C=O) groups excluding carboxylic acids is 1. The van der Waals surface area contributed by atoms with Gasteiger partial charge in [-0.2, -0.15) is 0 Å². The standard InChI is InChI=1S/C15H20N2O/c1-3-11(2)17-15(18)8-7-12-5-4-6-14-13(12)9-10-16-14/h4-6,9-11,16H,3,7-8H2,1-2H3,(H,17,18). The number of nitrogens with one attached hydrogen (secondary N) is 2. The van der Waals surface area contributed by atoms with Crippen LogP contribution in [0.1, 0.15) is 32.3 Å². The minimum Gasteiger partial charge on any atom is -0.361 e. The predicted molar refractivity (Wildman–Crippen MR) is 74.5 cm³/mol. The van der Waals surface area contributed by atoms with Crippen LogP contribution in [0.25, 0.3) is 10.9 Å². The molecule has 3 heteroatoms. The van der Waals surface area contributed by atoms with E-state index in [2.05, 4.69) is 35.4 Å². The SMILES string of the molecule is CCC(C)NC(=O)CCc1cccc2[nH]ccc12. The number of rotatable bonds is 5. The molecule has 1 aromatic carbocycles. The molecule has 0 spiro atoms. The van der Waals surface area contributed by atoms with Crippen LogP contribution in [0.15, 0.2) is 30.5 Å². The van der Waals surface area contributed by atoms with Crippen molar-refractivity contribution >= 4 is 16.8 Å². The Morgan fingerprint density at radius 1 is 1.39 bits per heavy atom. The Morgan fingerprint density at radius 2 is 2.22 bits per heavy atom. The van der Waals surface area contributed by atoms with Crippen LogP contribution >= 0.6 is 0 Å². The quantitative estimate of drug-likeness (QED) is 0.834. The highest BCUT2D eigenvalue weighted by atomic mass is 16.1. The second-order valence-electron chi connectivity index (χ2n) is 4.73. The van der Waals surface area contributed by atoms with Crippen molar-refractivity contribution in [2.45, 2.75) is 39.2 Å². The summed E-state index contributed by atoms with van der Waals surface area (Å²) in [6.07, 6.45) is 4.25. The first-order chi connectivity index (χ1) is 8.70. The van der Waals surface area contributed by atoms with Crippen molar-refractivity contribution in [2.75, 3.05) is 0 Å². The summed E-state index contributed by atoms with van der Waals surface area (Å²) in [5.41, 5.74) is 2.36. The lowest BCUT2D eigenvalue weighted by Crippen LogP contribution is -2.32. The van der Waals surface area contributed by atoms with Crippen LogP contribution in [0.2, 0.25) is 0 Å². The molecular formula is C15H20N2O. The van der Waals surface area contributed by atoms with Gasteiger partial charge in [-0.15, -0.1) is 0 Å². The zero-order valence-corrected chi connectivity index (χ0v) is 11.0. The highest BCUT2D eigenvalue weighted by Crippen LogP contribution is 2.18. The highest BCUT2D eigenvalue weighted by molar-refractivity contribution is 5.84. The number of aryl methyl sites for hydroxylation is 1. The molecule has 0 fully saturated rings. The fraction of sp³-hybridized carbons (Fsp3) is 0.400. The van der Waals surface area contributed by atoms with Crippen LogP contribution in [0.5, 0.6) is 0 Å². The first-order valence-corrected chi connectivity index (χ1v) is 6.55. The Bertz CT molecular complexity index is 530. The molecule has 0 aliphatic rings. The maximum Gasteiger partial charge on any atom is 0.220 e. The summed E-state index contributed by atoms with van der Waals surface area (Å²) in [4.78, 5) is 14.9. The van der Waals surface area contributed by atoms with Crippen LogP contribution in [-0.4, -0.2) is 16.9 Å². The number of aromatic amines is 1. The summed E-state index contributed by atoms with van der Waals surface area (Å²) >= 11 is 0. The normalized spacial score (nSPS) is 12.6. The molecule has 1 atom stereocenters. The molecule has 0 aliphatic carbocycles. The maximum atomic E-state index is 11.7. The lowest BCUT2D eigenvalue weighted by molar-refractivity contribution is -0.121. The van der Waals surface area contributed by atoms with E-state index in [1.165, 1.54) is 10.9 Å². The van der Waals surface area contributed by atoms with Gasteiger partial charge in [0.1, 0.15) is 0 Å². The van der Waals surface area contributed by atoms with Gasteiger partial charge in [-0.25, -0.2) is 0 Å². The van der Waals surface area contributed by atoms with Gasteiger partial charge in [-0.1, -0.05) is 19.1 Å². The fourth-order valence-corrected chi connectivity index (χ4v) is 2.07. The summed E-state index contributed by atoms with van der Waals surface area (Å²) in [7, 11) is 0. The van der Waals surface area contributed by atoms with E-state index in [4.69, 9.17) is 0 Å². The number of H-pyrrole nitrogens is 1. The van der Waals surface area contributed by atoms with Gasteiger partial charge in [-0.05, 0) is 37.5 Å². The van der Waals surface area contributed by atoms with Crippen molar-refractivity contribution in [3.05, 3.63) is 36.0 Å². The summed E-state index contributed by atoms with van der Waals surface area (Å²) in [5, 5.41) is 4.21. The monoisotopic (exact) mass is 244 g/mol. The van der Waals surface area contributed by atoms with Crippen LogP contribution in [-0.2, 0) is 11.2 Å². The van der Waals surface area contributed by atoms with Gasteiger partial charge in [0, 0.05) is 29.6 Å². The molecule has 18 heavy (non-hydrogen) atoms. The number of benzene rings is 1. The third kappa shape index (κ3) is 2.92. The van der Waals surface area contributed by atoms with E-state index in [9.17, 15) is 4.79 Å². The van der Waals surface area contributed by atoms with Crippen molar-refractivity contribution in [1.82, 2.24) is 10.3 Å². The van der Waals surface area contributed by atoms with Crippen molar-refractivity contribution in [3.63, 3.8) is 0 Å². The van der Waals surface area contributed by atoms with Gasteiger partial charge in [-0.3, -0.25) is 4.79 Å². The first kappa shape index (κ1) is 12.7. The number of aromatic nitrogens is 1. The largest absolute Gasteiger partial charge is 0.361 e. The Kier molecular flexibility index (Phi) is 4.03. The third-order valence-electron chi connectivity index (χ3n) is 3.33. The number of amides is 1. The van der Waals surface area contributed by atoms with Crippen molar-refractivity contribution in [1.29, 1.82) is 0 Å². The molecule has 96 valence electrons. The molecule has 0 saturated heterocycles. The van der Waals surface area contributed by atoms with E-state index >= 15 is 0 Å². The molecule has 2 rings (SSSR count). The fourth-order valence-electron chi connectivity index (χ4n) is 2.07. The van der Waals surface area contributed by atoms with E-state index in [0.717, 1.165) is 18.4 Å². The van der Waals surface area contributed by atoms with E-state index in [0.29, 0.717) is 6.42 Å². The summed E-state index contributed by atoms with van der Waals surface area (Å²) in [6, 6.07) is 8.50. The van der Waals surface area contributed by atoms with Gasteiger partial charge in [0.2, 0.25) is 5.91 Å². The molecule has 0 aliphatic heterocycles. The minimum atomic E-state index is 0.136. The van der Waals surface area contributed by atoms with Crippen LogP contribution in [0, 0.1) is 0 Å². The molecule has 1 heterocycles. The number of fused-ring (bicyclic) bond motifs is 1. The van der Waals surface area contributed by atoms with Gasteiger partial charge < -0.3 is 10.3 Å². The third-order valence-corrected chi connectivity index (χ3v) is 3.33. The summed E-state index contributed by atoms with van der Waals surface area (Å²) in [5.74, 6) is 0.136. The van der Waals surface area contributed by atoms with Gasteiger partial charge in [0.05, 0.1) is 0 Å². The first-order valence-electron chi connectivity index (χ1n) is 6.55. The highest BCUT2D eigenvalue weighted by Gasteiger charge is 2.07.